The summed E-state index contributed by atoms with van der Waals surface area (Å²) in [6.45, 7) is 3.17. The molecule has 0 aliphatic heterocycles. The number of carbonyl (C=O) groups excluding carboxylic acids is 2. The molecule has 1 aromatic heterocycles. The highest BCUT2D eigenvalue weighted by Crippen LogP contribution is 2.22. The van der Waals surface area contributed by atoms with E-state index < -0.39 is 23.4 Å². The van der Waals surface area contributed by atoms with Gasteiger partial charge in [0.05, 0.1) is 17.0 Å². The van der Waals surface area contributed by atoms with Crippen LogP contribution in [0.15, 0.2) is 54.6 Å². The lowest BCUT2D eigenvalue weighted by atomic mass is 10.1. The van der Waals surface area contributed by atoms with Crippen LogP contribution < -0.4 is 5.32 Å². The van der Waals surface area contributed by atoms with Crippen molar-refractivity contribution in [3.63, 3.8) is 0 Å². The molecule has 154 valence electrons. The first-order valence-corrected chi connectivity index (χ1v) is 9.14. The third kappa shape index (κ3) is 4.88. The van der Waals surface area contributed by atoms with Crippen LogP contribution in [-0.2, 0) is 16.1 Å². The van der Waals surface area contributed by atoms with Gasteiger partial charge in [-0.05, 0) is 43.7 Å². The van der Waals surface area contributed by atoms with Gasteiger partial charge in [0.2, 0.25) is 0 Å². The van der Waals surface area contributed by atoms with Crippen LogP contribution in [0.1, 0.15) is 27.3 Å². The van der Waals surface area contributed by atoms with Gasteiger partial charge in [-0.15, -0.1) is 0 Å². The fourth-order valence-electron chi connectivity index (χ4n) is 2.96. The van der Waals surface area contributed by atoms with Crippen molar-refractivity contribution in [2.24, 2.45) is 0 Å². The Morgan fingerprint density at radius 1 is 1.10 bits per heavy atom. The molecule has 0 saturated heterocycles. The molecule has 30 heavy (non-hydrogen) atoms. The fourth-order valence-corrected chi connectivity index (χ4v) is 2.96. The van der Waals surface area contributed by atoms with E-state index >= 15 is 0 Å². The normalized spacial score (nSPS) is 10.5. The number of hydrogen-bond donors (Lipinski definition) is 1. The second-order valence-corrected chi connectivity index (χ2v) is 6.62. The summed E-state index contributed by atoms with van der Waals surface area (Å²) < 4.78 is 6.59. The molecule has 1 N–H and O–H groups in total. The summed E-state index contributed by atoms with van der Waals surface area (Å²) in [5.74, 6) is -1.05. The maximum Gasteiger partial charge on any atom is 0.338 e. The van der Waals surface area contributed by atoms with E-state index in [4.69, 9.17) is 4.74 Å². The Labute approximate surface area is 172 Å². The Bertz CT molecular complexity index is 1070. The van der Waals surface area contributed by atoms with Gasteiger partial charge in [-0.3, -0.25) is 19.6 Å². The van der Waals surface area contributed by atoms with Crippen LogP contribution in [0.2, 0.25) is 0 Å². The van der Waals surface area contributed by atoms with Crippen LogP contribution in [0.5, 0.6) is 0 Å². The zero-order valence-corrected chi connectivity index (χ0v) is 16.5. The van der Waals surface area contributed by atoms with Crippen molar-refractivity contribution in [2.45, 2.75) is 20.4 Å². The monoisotopic (exact) mass is 408 g/mol. The third-order valence-corrected chi connectivity index (χ3v) is 4.44. The van der Waals surface area contributed by atoms with E-state index in [9.17, 15) is 19.7 Å². The van der Waals surface area contributed by atoms with E-state index in [0.29, 0.717) is 29.2 Å². The lowest BCUT2D eigenvalue weighted by Crippen LogP contribution is -2.20. The minimum Gasteiger partial charge on any atom is -0.452 e. The van der Waals surface area contributed by atoms with Crippen molar-refractivity contribution >= 4 is 23.3 Å². The number of para-hydroxylation sites is 1. The van der Waals surface area contributed by atoms with Crippen LogP contribution >= 0.6 is 0 Å². The van der Waals surface area contributed by atoms with Gasteiger partial charge in [0, 0.05) is 5.69 Å². The number of anilines is 1. The number of nitro groups is 1. The molecule has 3 rings (SSSR count). The van der Waals surface area contributed by atoms with Gasteiger partial charge in [0.25, 0.3) is 5.91 Å². The standard InChI is InChI=1S/C21H20N4O5/c1-14-20(25(28)29)15(2)24(23-14)12-16-8-10-17(11-9-16)21(27)30-13-19(26)22-18-6-4-3-5-7-18/h3-11H,12-13H2,1-2H3,(H,22,26). The van der Waals surface area contributed by atoms with E-state index in [-0.39, 0.29) is 5.69 Å². The minimum atomic E-state index is -0.619. The highest BCUT2D eigenvalue weighted by molar-refractivity contribution is 5.95. The molecule has 0 unspecified atom stereocenters. The van der Waals surface area contributed by atoms with E-state index in [2.05, 4.69) is 10.4 Å². The number of amides is 1. The van der Waals surface area contributed by atoms with Crippen LogP contribution in [0.4, 0.5) is 11.4 Å². The maximum absolute atomic E-state index is 12.2. The first-order valence-electron chi connectivity index (χ1n) is 9.14. The van der Waals surface area contributed by atoms with E-state index in [1.54, 1.807) is 67.1 Å². The molecule has 0 atom stereocenters. The molecule has 1 heterocycles. The van der Waals surface area contributed by atoms with Gasteiger partial charge in [-0.25, -0.2) is 4.79 Å². The molecule has 1 amide bonds. The lowest BCUT2D eigenvalue weighted by molar-refractivity contribution is -0.386. The molecule has 0 spiro atoms. The lowest BCUT2D eigenvalue weighted by Gasteiger charge is -2.08. The van der Waals surface area contributed by atoms with Crippen LogP contribution in [0.3, 0.4) is 0 Å². The number of aromatic nitrogens is 2. The molecule has 3 aromatic rings. The number of hydrogen-bond acceptors (Lipinski definition) is 6. The predicted molar refractivity (Wildman–Crippen MR) is 109 cm³/mol. The SMILES string of the molecule is Cc1nn(Cc2ccc(C(=O)OCC(=O)Nc3ccccc3)cc2)c(C)c1[N+](=O)[O-]. The molecular formula is C21H20N4O5. The van der Waals surface area contributed by atoms with E-state index in [1.165, 1.54) is 0 Å². The van der Waals surface area contributed by atoms with Gasteiger partial charge in [-0.2, -0.15) is 5.10 Å². The van der Waals surface area contributed by atoms with E-state index in [1.807, 2.05) is 6.07 Å². The average Bonchev–Trinajstić information content (AvgIpc) is 3.00. The highest BCUT2D eigenvalue weighted by atomic mass is 16.6. The van der Waals surface area contributed by atoms with Crippen molar-refractivity contribution in [3.05, 3.63) is 87.2 Å². The summed E-state index contributed by atoms with van der Waals surface area (Å²) in [4.78, 5) is 34.7. The first-order chi connectivity index (χ1) is 14.3. The summed E-state index contributed by atoms with van der Waals surface area (Å²) >= 11 is 0. The summed E-state index contributed by atoms with van der Waals surface area (Å²) in [6.07, 6.45) is 0. The first kappa shape index (κ1) is 20.7. The Morgan fingerprint density at radius 3 is 2.37 bits per heavy atom. The topological polar surface area (TPSA) is 116 Å². The Kier molecular flexibility index (Phi) is 6.21. The quantitative estimate of drug-likeness (QED) is 0.364. The van der Waals surface area contributed by atoms with Crippen LogP contribution in [0.25, 0.3) is 0 Å². The summed E-state index contributed by atoms with van der Waals surface area (Å²) in [7, 11) is 0. The minimum absolute atomic E-state index is 0.00368. The third-order valence-electron chi connectivity index (χ3n) is 4.44. The maximum atomic E-state index is 12.2. The summed E-state index contributed by atoms with van der Waals surface area (Å²) in [5.41, 5.74) is 2.55. The zero-order valence-electron chi connectivity index (χ0n) is 16.5. The predicted octanol–water partition coefficient (Wildman–Crippen LogP) is 3.25. The van der Waals surface area contributed by atoms with Crippen molar-refractivity contribution in [1.82, 2.24) is 9.78 Å². The van der Waals surface area contributed by atoms with Crippen LogP contribution in [-0.4, -0.2) is 33.2 Å². The number of nitrogens with one attached hydrogen (secondary N) is 1. The number of nitrogens with zero attached hydrogens (tertiary/aromatic N) is 3. The molecule has 0 radical (unpaired) electrons. The average molecular weight is 408 g/mol. The number of esters is 1. The highest BCUT2D eigenvalue weighted by Gasteiger charge is 2.21. The van der Waals surface area contributed by atoms with Gasteiger partial charge in [-0.1, -0.05) is 30.3 Å². The van der Waals surface area contributed by atoms with Crippen molar-refractivity contribution in [1.29, 1.82) is 0 Å². The molecule has 0 aliphatic carbocycles. The van der Waals surface area contributed by atoms with Crippen molar-refractivity contribution in [2.75, 3.05) is 11.9 Å². The summed E-state index contributed by atoms with van der Waals surface area (Å²) in [6, 6.07) is 15.4. The number of rotatable bonds is 7. The van der Waals surface area contributed by atoms with Crippen molar-refractivity contribution < 1.29 is 19.2 Å². The molecule has 0 bridgehead atoms. The molecule has 0 saturated carbocycles. The van der Waals surface area contributed by atoms with E-state index in [0.717, 1.165) is 5.56 Å². The molecule has 0 fully saturated rings. The fraction of sp³-hybridized carbons (Fsp3) is 0.190. The second kappa shape index (κ2) is 8.99. The van der Waals surface area contributed by atoms with Gasteiger partial charge < -0.3 is 10.1 Å². The Balaban J connectivity index is 1.57. The zero-order chi connectivity index (χ0) is 21.7. The molecule has 9 heteroatoms. The van der Waals surface area contributed by atoms with Gasteiger partial charge >= 0.3 is 11.7 Å². The van der Waals surface area contributed by atoms with Crippen LogP contribution in [0, 0.1) is 24.0 Å². The second-order valence-electron chi connectivity index (χ2n) is 6.62. The molecule has 9 nitrogen and oxygen atoms in total. The molecule has 2 aromatic carbocycles. The molecular weight excluding hydrogens is 388 g/mol. The molecule has 0 aliphatic rings. The largest absolute Gasteiger partial charge is 0.452 e. The van der Waals surface area contributed by atoms with Gasteiger partial charge in [0.15, 0.2) is 6.61 Å². The number of benzene rings is 2. The van der Waals surface area contributed by atoms with Gasteiger partial charge in [0.1, 0.15) is 11.4 Å². The number of aryl methyl sites for hydroxylation is 1. The van der Waals surface area contributed by atoms with Crippen molar-refractivity contribution in [3.8, 4) is 0 Å². The number of carbonyl (C=O) groups is 2. The Morgan fingerprint density at radius 2 is 1.77 bits per heavy atom. The Hall–Kier alpha value is -4.01. The number of ether oxygens (including phenoxy) is 1. The summed E-state index contributed by atoms with van der Waals surface area (Å²) in [5, 5.41) is 17.9. The smallest absolute Gasteiger partial charge is 0.338 e.